The molecule has 0 amide bonds. The lowest BCUT2D eigenvalue weighted by Gasteiger charge is -2.25. The van der Waals surface area contributed by atoms with E-state index in [-0.39, 0.29) is 18.3 Å². The van der Waals surface area contributed by atoms with Gasteiger partial charge in [-0.2, -0.15) is 0 Å². The zero-order valence-corrected chi connectivity index (χ0v) is 14.1. The molecule has 1 N–H and O–H groups in total. The summed E-state index contributed by atoms with van der Waals surface area (Å²) in [4.78, 5) is 18.6. The van der Waals surface area contributed by atoms with Gasteiger partial charge in [-0.3, -0.25) is 0 Å². The number of rotatable bonds is 2. The number of carbonyl (C=O) groups excluding carboxylic acids is 1. The highest BCUT2D eigenvalue weighted by Gasteiger charge is 2.44. The first-order valence-corrected chi connectivity index (χ1v) is 8.26. The maximum atomic E-state index is 13.2. The van der Waals surface area contributed by atoms with E-state index in [0.717, 1.165) is 5.56 Å². The normalized spacial score (nSPS) is 24.3. The third-order valence-electron chi connectivity index (χ3n) is 5.06. The van der Waals surface area contributed by atoms with Crippen molar-refractivity contribution in [1.82, 2.24) is 4.98 Å². The van der Waals surface area contributed by atoms with Crippen LogP contribution in [0.5, 0.6) is 0 Å². The van der Waals surface area contributed by atoms with Gasteiger partial charge in [-0.15, -0.1) is 0 Å². The second-order valence-electron chi connectivity index (χ2n) is 7.17. The molecule has 130 valence electrons. The van der Waals surface area contributed by atoms with Crippen molar-refractivity contribution in [3.63, 3.8) is 0 Å². The van der Waals surface area contributed by atoms with Gasteiger partial charge in [0.05, 0.1) is 6.54 Å². The molecule has 2 aliphatic heterocycles. The van der Waals surface area contributed by atoms with Crippen LogP contribution < -0.4 is 4.90 Å². The second-order valence-corrected chi connectivity index (χ2v) is 7.17. The summed E-state index contributed by atoms with van der Waals surface area (Å²) in [7, 11) is 0. The fraction of sp³-hybridized carbons (Fsp3) is 0.368. The Hall–Kier alpha value is -2.47. The van der Waals surface area contributed by atoms with Crippen LogP contribution in [0.25, 0.3) is 0 Å². The van der Waals surface area contributed by atoms with Crippen molar-refractivity contribution in [2.75, 3.05) is 18.0 Å². The van der Waals surface area contributed by atoms with Crippen molar-refractivity contribution in [3.8, 4) is 0 Å². The number of nitrogens with zero attached hydrogens (tertiary/aromatic N) is 2. The molecule has 0 bridgehead atoms. The van der Waals surface area contributed by atoms with Crippen molar-refractivity contribution in [2.45, 2.75) is 31.5 Å². The Kier molecular flexibility index (Phi) is 3.37. The number of benzene rings is 1. The molecular formula is C19H19FN2O3. The number of aromatic nitrogens is 1. The van der Waals surface area contributed by atoms with Gasteiger partial charge in [0.2, 0.25) is 0 Å². The number of carbonyl (C=O) groups is 1. The number of hydrogen-bond donors (Lipinski definition) is 1. The molecule has 1 saturated heterocycles. The van der Waals surface area contributed by atoms with E-state index >= 15 is 0 Å². The summed E-state index contributed by atoms with van der Waals surface area (Å²) in [5.41, 5.74) is 0.148. The van der Waals surface area contributed by atoms with Crippen LogP contribution in [0.3, 0.4) is 0 Å². The Morgan fingerprint density at radius 3 is 2.68 bits per heavy atom. The molecule has 4 rings (SSSR count). The van der Waals surface area contributed by atoms with E-state index in [9.17, 15) is 14.3 Å². The maximum absolute atomic E-state index is 13.2. The van der Waals surface area contributed by atoms with Gasteiger partial charge >= 0.3 is 5.97 Å². The average Bonchev–Trinajstić information content (AvgIpc) is 3.07. The standard InChI is InChI=1S/C19H19FN2O3/c1-18(2)14-7-9-21-16(15(14)17(23)25-18)22-10-8-19(24,11-22)12-3-5-13(20)6-4-12/h3-7,9,24H,8,10-11H2,1-2H3. The quantitative estimate of drug-likeness (QED) is 0.850. The van der Waals surface area contributed by atoms with Crippen molar-refractivity contribution >= 4 is 11.8 Å². The summed E-state index contributed by atoms with van der Waals surface area (Å²) in [5.74, 6) is -0.193. The van der Waals surface area contributed by atoms with Gasteiger partial charge in [0.1, 0.15) is 28.4 Å². The third kappa shape index (κ3) is 2.48. The average molecular weight is 342 g/mol. The molecule has 3 heterocycles. The van der Waals surface area contributed by atoms with E-state index in [1.807, 2.05) is 18.7 Å². The number of fused-ring (bicyclic) bond motifs is 1. The highest BCUT2D eigenvalue weighted by atomic mass is 19.1. The fourth-order valence-corrected chi connectivity index (χ4v) is 3.70. The first-order valence-electron chi connectivity index (χ1n) is 8.26. The van der Waals surface area contributed by atoms with Gasteiger partial charge < -0.3 is 14.7 Å². The van der Waals surface area contributed by atoms with Crippen LogP contribution in [0, 0.1) is 5.82 Å². The minimum absolute atomic E-state index is 0.287. The molecule has 1 aromatic heterocycles. The summed E-state index contributed by atoms with van der Waals surface area (Å²) in [6, 6.07) is 7.67. The Morgan fingerprint density at radius 1 is 1.24 bits per heavy atom. The molecule has 0 spiro atoms. The SMILES string of the molecule is CC1(C)OC(=O)c2c1ccnc2N1CCC(O)(c2ccc(F)cc2)C1. The van der Waals surface area contributed by atoms with Gasteiger partial charge in [0.25, 0.3) is 0 Å². The molecule has 25 heavy (non-hydrogen) atoms. The van der Waals surface area contributed by atoms with E-state index in [0.29, 0.717) is 29.9 Å². The van der Waals surface area contributed by atoms with Gasteiger partial charge in [-0.1, -0.05) is 12.1 Å². The molecule has 1 aromatic carbocycles. The van der Waals surface area contributed by atoms with E-state index < -0.39 is 11.2 Å². The molecule has 1 fully saturated rings. The van der Waals surface area contributed by atoms with Crippen LogP contribution in [0.15, 0.2) is 36.5 Å². The zero-order valence-electron chi connectivity index (χ0n) is 14.1. The minimum Gasteiger partial charge on any atom is -0.451 e. The molecule has 1 unspecified atom stereocenters. The Morgan fingerprint density at radius 2 is 1.96 bits per heavy atom. The molecule has 2 aliphatic rings. The highest BCUT2D eigenvalue weighted by molar-refractivity contribution is 5.99. The number of β-amino-alcohol motifs (C(OH)–C–C–N with tert-alkyl or cyclic N) is 1. The Labute approximate surface area is 145 Å². The van der Waals surface area contributed by atoms with E-state index in [1.54, 1.807) is 24.4 Å². The molecule has 6 heteroatoms. The van der Waals surface area contributed by atoms with Crippen LogP contribution in [0.1, 0.15) is 41.8 Å². The summed E-state index contributed by atoms with van der Waals surface area (Å²) in [5, 5.41) is 11.0. The zero-order chi connectivity index (χ0) is 17.8. The van der Waals surface area contributed by atoms with Gasteiger partial charge in [0.15, 0.2) is 0 Å². The summed E-state index contributed by atoms with van der Waals surface area (Å²) in [6.45, 7) is 4.53. The number of ether oxygens (including phenoxy) is 1. The number of esters is 1. The van der Waals surface area contributed by atoms with Gasteiger partial charge in [-0.05, 0) is 44.0 Å². The smallest absolute Gasteiger partial charge is 0.343 e. The van der Waals surface area contributed by atoms with Crippen molar-refractivity contribution in [3.05, 3.63) is 59.0 Å². The van der Waals surface area contributed by atoms with Gasteiger partial charge in [-0.25, -0.2) is 14.2 Å². The lowest BCUT2D eigenvalue weighted by atomic mass is 9.93. The maximum Gasteiger partial charge on any atom is 0.343 e. The summed E-state index contributed by atoms with van der Waals surface area (Å²) >= 11 is 0. The minimum atomic E-state index is -1.10. The number of anilines is 1. The lowest BCUT2D eigenvalue weighted by Crippen LogP contribution is -2.31. The number of aliphatic hydroxyl groups is 1. The van der Waals surface area contributed by atoms with Crippen molar-refractivity contribution in [1.29, 1.82) is 0 Å². The first-order chi connectivity index (χ1) is 11.8. The highest BCUT2D eigenvalue weighted by Crippen LogP contribution is 2.42. The van der Waals surface area contributed by atoms with E-state index in [2.05, 4.69) is 4.98 Å². The molecular weight excluding hydrogens is 323 g/mol. The topological polar surface area (TPSA) is 62.7 Å². The molecule has 5 nitrogen and oxygen atoms in total. The van der Waals surface area contributed by atoms with Crippen LogP contribution >= 0.6 is 0 Å². The van der Waals surface area contributed by atoms with Crippen LogP contribution in [0.2, 0.25) is 0 Å². The number of cyclic esters (lactones) is 1. The van der Waals surface area contributed by atoms with E-state index in [4.69, 9.17) is 4.74 Å². The molecule has 0 saturated carbocycles. The lowest BCUT2D eigenvalue weighted by molar-refractivity contribution is 0.00954. The van der Waals surface area contributed by atoms with Crippen LogP contribution in [0.4, 0.5) is 10.2 Å². The summed E-state index contributed by atoms with van der Waals surface area (Å²) in [6.07, 6.45) is 2.13. The second kappa shape index (κ2) is 5.26. The van der Waals surface area contributed by atoms with Crippen LogP contribution in [-0.2, 0) is 15.9 Å². The number of halogens is 1. The molecule has 1 atom stereocenters. The van der Waals surface area contributed by atoms with Crippen molar-refractivity contribution < 1.29 is 19.0 Å². The molecule has 0 radical (unpaired) electrons. The Balaban J connectivity index is 1.69. The fourth-order valence-electron chi connectivity index (χ4n) is 3.70. The van der Waals surface area contributed by atoms with Crippen LogP contribution in [-0.4, -0.2) is 29.1 Å². The molecule has 0 aliphatic carbocycles. The van der Waals surface area contributed by atoms with E-state index in [1.165, 1.54) is 12.1 Å². The first kappa shape index (κ1) is 16.0. The predicted molar refractivity (Wildman–Crippen MR) is 89.8 cm³/mol. The molecule has 2 aromatic rings. The third-order valence-corrected chi connectivity index (χ3v) is 5.06. The number of hydrogen-bond acceptors (Lipinski definition) is 5. The van der Waals surface area contributed by atoms with Gasteiger partial charge in [0, 0.05) is 18.3 Å². The monoisotopic (exact) mass is 342 g/mol. The largest absolute Gasteiger partial charge is 0.451 e. The predicted octanol–water partition coefficient (Wildman–Crippen LogP) is 2.72. The van der Waals surface area contributed by atoms with Crippen molar-refractivity contribution in [2.24, 2.45) is 0 Å². The summed E-state index contributed by atoms with van der Waals surface area (Å²) < 4.78 is 18.6. The Bertz CT molecular complexity index is 850. The number of pyridine rings is 1.